The number of para-hydroxylation sites is 1. The zero-order chi connectivity index (χ0) is 16.5. The summed E-state index contributed by atoms with van der Waals surface area (Å²) in [6, 6.07) is 20.4. The Labute approximate surface area is 141 Å². The van der Waals surface area contributed by atoms with Crippen LogP contribution in [0.25, 0.3) is 33.7 Å². The maximum atomic E-state index is 4.79. The Morgan fingerprint density at radius 2 is 1.58 bits per heavy atom. The Hall–Kier alpha value is -3.07. The summed E-state index contributed by atoms with van der Waals surface area (Å²) in [5.41, 5.74) is 6.29. The highest BCUT2D eigenvalue weighted by molar-refractivity contribution is 5.79. The SMILES string of the molecule is Cc1ccc(-c2cccc(-c3ncc4ccccc4n3)n2)c(C)c1. The van der Waals surface area contributed by atoms with Crippen molar-refractivity contribution in [1.82, 2.24) is 15.0 Å². The molecule has 0 aliphatic carbocycles. The fourth-order valence-corrected chi connectivity index (χ4v) is 2.91. The van der Waals surface area contributed by atoms with Crippen LogP contribution in [-0.2, 0) is 0 Å². The van der Waals surface area contributed by atoms with Crippen molar-refractivity contribution in [1.29, 1.82) is 0 Å². The lowest BCUT2D eigenvalue weighted by Crippen LogP contribution is -1.95. The minimum atomic E-state index is 0.653. The zero-order valence-electron chi connectivity index (χ0n) is 13.7. The Morgan fingerprint density at radius 3 is 2.46 bits per heavy atom. The van der Waals surface area contributed by atoms with Crippen LogP contribution in [0.4, 0.5) is 0 Å². The molecule has 2 aromatic heterocycles. The van der Waals surface area contributed by atoms with E-state index in [1.54, 1.807) is 0 Å². The van der Waals surface area contributed by atoms with Crippen LogP contribution in [0.3, 0.4) is 0 Å². The minimum Gasteiger partial charge on any atom is -0.244 e. The van der Waals surface area contributed by atoms with Gasteiger partial charge < -0.3 is 0 Å². The quantitative estimate of drug-likeness (QED) is 0.524. The topological polar surface area (TPSA) is 38.7 Å². The number of hydrogen-bond acceptors (Lipinski definition) is 3. The number of hydrogen-bond donors (Lipinski definition) is 0. The summed E-state index contributed by atoms with van der Waals surface area (Å²) in [4.78, 5) is 13.9. The maximum absolute atomic E-state index is 4.79. The van der Waals surface area contributed by atoms with E-state index in [0.29, 0.717) is 5.82 Å². The molecule has 2 heterocycles. The second kappa shape index (κ2) is 5.85. The van der Waals surface area contributed by atoms with Crippen LogP contribution in [0.2, 0.25) is 0 Å². The van der Waals surface area contributed by atoms with Gasteiger partial charge in [0.1, 0.15) is 5.69 Å². The molecule has 0 atom stereocenters. The first-order valence-electron chi connectivity index (χ1n) is 7.97. The number of rotatable bonds is 2. The Balaban J connectivity index is 1.81. The monoisotopic (exact) mass is 311 g/mol. The van der Waals surface area contributed by atoms with Gasteiger partial charge in [-0.3, -0.25) is 0 Å². The second-order valence-electron chi connectivity index (χ2n) is 5.98. The smallest absolute Gasteiger partial charge is 0.178 e. The Morgan fingerprint density at radius 1 is 0.750 bits per heavy atom. The lowest BCUT2D eigenvalue weighted by atomic mass is 10.0. The number of nitrogens with zero attached hydrogens (tertiary/aromatic N) is 3. The molecule has 0 bridgehead atoms. The first kappa shape index (κ1) is 14.5. The molecule has 0 spiro atoms. The molecule has 3 nitrogen and oxygen atoms in total. The second-order valence-corrected chi connectivity index (χ2v) is 5.98. The molecule has 0 N–H and O–H groups in total. The van der Waals surface area contributed by atoms with Crippen LogP contribution in [0.5, 0.6) is 0 Å². The van der Waals surface area contributed by atoms with Crippen LogP contribution in [0.15, 0.2) is 66.9 Å². The predicted octanol–water partition coefficient (Wildman–Crippen LogP) is 4.98. The highest BCUT2D eigenvalue weighted by Crippen LogP contribution is 2.25. The van der Waals surface area contributed by atoms with Gasteiger partial charge in [0.15, 0.2) is 5.82 Å². The first-order valence-corrected chi connectivity index (χ1v) is 7.97. The van der Waals surface area contributed by atoms with Crippen molar-refractivity contribution in [2.75, 3.05) is 0 Å². The zero-order valence-corrected chi connectivity index (χ0v) is 13.7. The maximum Gasteiger partial charge on any atom is 0.178 e. The number of pyridine rings is 1. The van der Waals surface area contributed by atoms with E-state index in [2.05, 4.69) is 42.0 Å². The fraction of sp³-hybridized carbons (Fsp3) is 0.0952. The van der Waals surface area contributed by atoms with Crippen LogP contribution < -0.4 is 0 Å². The van der Waals surface area contributed by atoms with Crippen molar-refractivity contribution >= 4 is 10.9 Å². The number of aromatic nitrogens is 3. The van der Waals surface area contributed by atoms with Crippen molar-refractivity contribution in [3.05, 3.63) is 78.0 Å². The summed E-state index contributed by atoms with van der Waals surface area (Å²) in [6.07, 6.45) is 1.85. The Bertz CT molecular complexity index is 1040. The van der Waals surface area contributed by atoms with E-state index in [-0.39, 0.29) is 0 Å². The lowest BCUT2D eigenvalue weighted by Gasteiger charge is -2.08. The van der Waals surface area contributed by atoms with Crippen LogP contribution in [0.1, 0.15) is 11.1 Å². The molecular formula is C21H17N3. The molecule has 2 aromatic carbocycles. The fourth-order valence-electron chi connectivity index (χ4n) is 2.91. The van der Waals surface area contributed by atoms with Gasteiger partial charge in [0.05, 0.1) is 11.2 Å². The average Bonchev–Trinajstić information content (AvgIpc) is 2.61. The summed E-state index contributed by atoms with van der Waals surface area (Å²) < 4.78 is 0. The van der Waals surface area contributed by atoms with Gasteiger partial charge in [0.25, 0.3) is 0 Å². The first-order chi connectivity index (χ1) is 11.7. The highest BCUT2D eigenvalue weighted by atomic mass is 14.9. The summed E-state index contributed by atoms with van der Waals surface area (Å²) in [5, 5.41) is 1.03. The normalized spacial score (nSPS) is 10.9. The van der Waals surface area contributed by atoms with Gasteiger partial charge in [0.2, 0.25) is 0 Å². The van der Waals surface area contributed by atoms with Gasteiger partial charge in [-0.2, -0.15) is 0 Å². The van der Waals surface area contributed by atoms with E-state index in [9.17, 15) is 0 Å². The minimum absolute atomic E-state index is 0.653. The lowest BCUT2D eigenvalue weighted by molar-refractivity contribution is 1.17. The molecule has 116 valence electrons. The molecule has 0 aliphatic heterocycles. The van der Waals surface area contributed by atoms with Crippen molar-refractivity contribution in [3.63, 3.8) is 0 Å². The van der Waals surface area contributed by atoms with E-state index in [4.69, 9.17) is 4.98 Å². The average molecular weight is 311 g/mol. The third-order valence-electron chi connectivity index (χ3n) is 4.13. The predicted molar refractivity (Wildman–Crippen MR) is 97.7 cm³/mol. The van der Waals surface area contributed by atoms with Crippen molar-refractivity contribution in [3.8, 4) is 22.8 Å². The van der Waals surface area contributed by atoms with Gasteiger partial charge in [-0.1, -0.05) is 48.0 Å². The molecule has 0 amide bonds. The van der Waals surface area contributed by atoms with Gasteiger partial charge in [0, 0.05) is 17.1 Å². The molecule has 3 heteroatoms. The molecule has 0 fully saturated rings. The third kappa shape index (κ3) is 2.65. The van der Waals surface area contributed by atoms with E-state index in [1.165, 1.54) is 11.1 Å². The largest absolute Gasteiger partial charge is 0.244 e. The molecule has 0 saturated heterocycles. The number of benzene rings is 2. The Kier molecular flexibility index (Phi) is 3.54. The van der Waals surface area contributed by atoms with Crippen molar-refractivity contribution < 1.29 is 0 Å². The van der Waals surface area contributed by atoms with Crippen molar-refractivity contribution in [2.24, 2.45) is 0 Å². The molecule has 24 heavy (non-hydrogen) atoms. The van der Waals surface area contributed by atoms with E-state index >= 15 is 0 Å². The number of fused-ring (bicyclic) bond motifs is 1. The summed E-state index contributed by atoms with van der Waals surface area (Å²) in [6.45, 7) is 4.22. The van der Waals surface area contributed by atoms with Crippen molar-refractivity contribution in [2.45, 2.75) is 13.8 Å². The summed E-state index contributed by atoms with van der Waals surface area (Å²) in [7, 11) is 0. The van der Waals surface area contributed by atoms with E-state index < -0.39 is 0 Å². The molecule has 0 saturated carbocycles. The summed E-state index contributed by atoms with van der Waals surface area (Å²) in [5.74, 6) is 0.653. The van der Waals surface area contributed by atoms with Gasteiger partial charge in [-0.15, -0.1) is 0 Å². The molecule has 0 unspecified atom stereocenters. The third-order valence-corrected chi connectivity index (χ3v) is 4.13. The van der Waals surface area contributed by atoms with Gasteiger partial charge in [-0.25, -0.2) is 15.0 Å². The van der Waals surface area contributed by atoms with E-state index in [0.717, 1.165) is 27.9 Å². The molecular weight excluding hydrogens is 294 g/mol. The molecule has 4 aromatic rings. The molecule has 0 aliphatic rings. The number of aryl methyl sites for hydroxylation is 2. The summed E-state index contributed by atoms with van der Waals surface area (Å²) >= 11 is 0. The van der Waals surface area contributed by atoms with Gasteiger partial charge in [-0.05, 0) is 37.6 Å². The van der Waals surface area contributed by atoms with Crippen LogP contribution >= 0.6 is 0 Å². The highest BCUT2D eigenvalue weighted by Gasteiger charge is 2.08. The van der Waals surface area contributed by atoms with Crippen LogP contribution in [0, 0.1) is 13.8 Å². The van der Waals surface area contributed by atoms with Gasteiger partial charge >= 0.3 is 0 Å². The van der Waals surface area contributed by atoms with E-state index in [1.807, 2.05) is 48.7 Å². The van der Waals surface area contributed by atoms with Crippen LogP contribution in [-0.4, -0.2) is 15.0 Å². The standard InChI is InChI=1S/C21H17N3/c1-14-10-11-17(15(2)12-14)19-8-5-9-20(23-19)21-22-13-16-6-3-4-7-18(16)24-21/h3-13H,1-2H3. The molecule has 0 radical (unpaired) electrons. The molecule has 4 rings (SSSR count).